The van der Waals surface area contributed by atoms with Crippen molar-refractivity contribution < 1.29 is 14.8 Å². The zero-order chi connectivity index (χ0) is 25.8. The summed E-state index contributed by atoms with van der Waals surface area (Å²) in [5, 5.41) is 13.4. The summed E-state index contributed by atoms with van der Waals surface area (Å²) >= 11 is 0. The monoisotopic (exact) mass is 482 g/mol. The summed E-state index contributed by atoms with van der Waals surface area (Å²) in [7, 11) is 0. The summed E-state index contributed by atoms with van der Waals surface area (Å²) in [6.45, 7) is 16.0. The highest BCUT2D eigenvalue weighted by Crippen LogP contribution is 2.74. The number of primary amides is 1. The highest BCUT2D eigenvalue weighted by molar-refractivity contribution is 5.97. The van der Waals surface area contributed by atoms with Crippen molar-refractivity contribution in [1.82, 2.24) is 0 Å². The zero-order valence-corrected chi connectivity index (χ0v) is 23.0. The first-order chi connectivity index (χ1) is 16.1. The molecule has 0 aromatic heterocycles. The molecule has 4 fully saturated rings. The van der Waals surface area contributed by atoms with Crippen LogP contribution in [-0.2, 0) is 9.59 Å². The topological polar surface area (TPSA) is 92.8 Å². The van der Waals surface area contributed by atoms with Crippen molar-refractivity contribution in [1.29, 1.82) is 0 Å². The maximum atomic E-state index is 14.3. The minimum atomic E-state index is -0.499. The molecule has 5 heteroatoms. The number of carbonyl (C=O) groups is 2. The molecule has 0 heterocycles. The van der Waals surface area contributed by atoms with Gasteiger partial charge in [0.2, 0.25) is 5.91 Å². The van der Waals surface area contributed by atoms with Gasteiger partial charge in [-0.25, -0.2) is 0 Å². The molecule has 8 atom stereocenters. The number of rotatable bonds is 1. The minimum Gasteiger partial charge on any atom is -0.411 e. The Morgan fingerprint density at radius 3 is 2.29 bits per heavy atom. The van der Waals surface area contributed by atoms with Gasteiger partial charge in [-0.1, -0.05) is 59.2 Å². The molecule has 0 aliphatic heterocycles. The number of ketones is 1. The normalized spacial score (nSPS) is 52.0. The molecule has 0 unspecified atom stereocenters. The Kier molecular flexibility index (Phi) is 5.16. The molecule has 5 rings (SSSR count). The molecule has 1 amide bonds. The molecule has 0 aromatic carbocycles. The average Bonchev–Trinajstić information content (AvgIpc) is 2.76. The molecule has 35 heavy (non-hydrogen) atoms. The van der Waals surface area contributed by atoms with Crippen LogP contribution in [0.3, 0.4) is 0 Å². The third kappa shape index (κ3) is 2.96. The van der Waals surface area contributed by atoms with Gasteiger partial charge in [0.25, 0.3) is 0 Å². The molecule has 0 saturated heterocycles. The lowest BCUT2D eigenvalue weighted by Crippen LogP contribution is -2.66. The van der Waals surface area contributed by atoms with Crippen LogP contribution in [0, 0.1) is 50.2 Å². The lowest BCUT2D eigenvalue weighted by molar-refractivity contribution is -0.174. The number of fused-ring (bicyclic) bond motifs is 7. The molecule has 194 valence electrons. The number of hydrogen-bond acceptors (Lipinski definition) is 4. The van der Waals surface area contributed by atoms with Crippen molar-refractivity contribution in [2.24, 2.45) is 61.1 Å². The molecule has 5 aliphatic carbocycles. The maximum Gasteiger partial charge on any atom is 0.223 e. The van der Waals surface area contributed by atoms with E-state index in [0.717, 1.165) is 63.5 Å². The molecular weight excluding hydrogens is 436 g/mol. The minimum absolute atomic E-state index is 0.0301. The van der Waals surface area contributed by atoms with Gasteiger partial charge in [0.15, 0.2) is 5.78 Å². The molecular formula is C30H46N2O3. The lowest BCUT2D eigenvalue weighted by Gasteiger charge is -2.70. The van der Waals surface area contributed by atoms with Crippen LogP contribution in [0.5, 0.6) is 0 Å². The predicted molar refractivity (Wildman–Crippen MR) is 138 cm³/mol. The fourth-order valence-corrected chi connectivity index (χ4v) is 10.4. The van der Waals surface area contributed by atoms with E-state index in [1.54, 1.807) is 0 Å². The van der Waals surface area contributed by atoms with Gasteiger partial charge in [-0.15, -0.1) is 0 Å². The number of nitrogens with two attached hydrogens (primary N) is 1. The van der Waals surface area contributed by atoms with E-state index in [0.29, 0.717) is 11.7 Å². The number of allylic oxidation sites excluding steroid dienone is 2. The Bertz CT molecular complexity index is 1040. The van der Waals surface area contributed by atoms with Crippen molar-refractivity contribution in [2.45, 2.75) is 106 Å². The van der Waals surface area contributed by atoms with E-state index in [1.165, 1.54) is 5.57 Å². The molecule has 0 aromatic rings. The van der Waals surface area contributed by atoms with E-state index < -0.39 is 5.41 Å². The predicted octanol–water partition coefficient (Wildman–Crippen LogP) is 6.28. The largest absolute Gasteiger partial charge is 0.411 e. The number of hydrogen-bond donors (Lipinski definition) is 2. The van der Waals surface area contributed by atoms with Gasteiger partial charge in [0.05, 0.1) is 5.71 Å². The molecule has 0 radical (unpaired) electrons. The van der Waals surface area contributed by atoms with Gasteiger partial charge >= 0.3 is 0 Å². The quantitative estimate of drug-likeness (QED) is 0.340. The second kappa shape index (κ2) is 7.22. The summed E-state index contributed by atoms with van der Waals surface area (Å²) in [5.74, 6) is 0.616. The summed E-state index contributed by atoms with van der Waals surface area (Å²) in [5.41, 5.74) is 7.22. The van der Waals surface area contributed by atoms with Crippen LogP contribution in [0.1, 0.15) is 106 Å². The van der Waals surface area contributed by atoms with Crippen LogP contribution in [-0.4, -0.2) is 22.6 Å². The molecule has 5 nitrogen and oxygen atoms in total. The summed E-state index contributed by atoms with van der Waals surface area (Å²) < 4.78 is 0. The van der Waals surface area contributed by atoms with E-state index in [9.17, 15) is 14.8 Å². The van der Waals surface area contributed by atoms with Crippen LogP contribution in [0.25, 0.3) is 0 Å². The van der Waals surface area contributed by atoms with Gasteiger partial charge in [0, 0.05) is 16.7 Å². The molecule has 0 spiro atoms. The Morgan fingerprint density at radius 1 is 1.00 bits per heavy atom. The van der Waals surface area contributed by atoms with E-state index in [4.69, 9.17) is 5.73 Å². The van der Waals surface area contributed by atoms with Crippen molar-refractivity contribution >= 4 is 17.4 Å². The van der Waals surface area contributed by atoms with Crippen molar-refractivity contribution in [3.8, 4) is 0 Å². The highest BCUT2D eigenvalue weighted by Gasteiger charge is 2.70. The van der Waals surface area contributed by atoms with Crippen LogP contribution >= 0.6 is 0 Å². The summed E-state index contributed by atoms with van der Waals surface area (Å²) in [6.07, 6.45) is 10.6. The Hall–Kier alpha value is -1.65. The fraction of sp³-hybridized carbons (Fsp3) is 0.833. The number of nitrogens with zero attached hydrogens (tertiary/aromatic N) is 1. The van der Waals surface area contributed by atoms with Gasteiger partial charge in [-0.2, -0.15) is 0 Å². The van der Waals surface area contributed by atoms with E-state index in [2.05, 4.69) is 52.8 Å². The third-order valence-corrected chi connectivity index (χ3v) is 13.1. The first kappa shape index (κ1) is 25.0. The van der Waals surface area contributed by atoms with Crippen LogP contribution in [0.4, 0.5) is 0 Å². The smallest absolute Gasteiger partial charge is 0.223 e. The number of amides is 1. The Labute approximate surface area is 211 Å². The highest BCUT2D eigenvalue weighted by atomic mass is 16.4. The standard InChI is InChI=1S/C30H46N2O3/c1-25(2)21-8-11-30(7)23(28(21,5)10-9-22(25)32-35)20(33)16-18-19-17-27(4,24(31)34)13-12-26(19,3)14-15-29(18,30)6/h16,19,21,23,35H,8-15,17H2,1-7H3,(H2,31,34)/t19-,21+,23-,26-,27+,28+,29-,30-/m1/s1. The van der Waals surface area contributed by atoms with Crippen LogP contribution < -0.4 is 5.73 Å². The molecule has 5 aliphatic rings. The number of oxime groups is 1. The zero-order valence-electron chi connectivity index (χ0n) is 23.0. The lowest BCUT2D eigenvalue weighted by atomic mass is 9.33. The van der Waals surface area contributed by atoms with E-state index in [-0.39, 0.29) is 44.8 Å². The first-order valence-corrected chi connectivity index (χ1v) is 13.9. The van der Waals surface area contributed by atoms with Crippen molar-refractivity contribution in [2.75, 3.05) is 0 Å². The van der Waals surface area contributed by atoms with Crippen LogP contribution in [0.2, 0.25) is 0 Å². The Morgan fingerprint density at radius 2 is 1.66 bits per heavy atom. The van der Waals surface area contributed by atoms with Gasteiger partial charge in [-0.05, 0) is 97.4 Å². The molecule has 0 bridgehead atoms. The van der Waals surface area contributed by atoms with Crippen LogP contribution in [0.15, 0.2) is 16.8 Å². The van der Waals surface area contributed by atoms with Gasteiger partial charge in [-0.3, -0.25) is 9.59 Å². The van der Waals surface area contributed by atoms with E-state index in [1.807, 2.05) is 6.92 Å². The number of carbonyl (C=O) groups excluding carboxylic acids is 2. The third-order valence-electron chi connectivity index (χ3n) is 13.1. The molecule has 4 saturated carbocycles. The fourth-order valence-electron chi connectivity index (χ4n) is 10.4. The van der Waals surface area contributed by atoms with Gasteiger partial charge in [0.1, 0.15) is 0 Å². The second-order valence-electron chi connectivity index (χ2n) is 14.9. The van der Waals surface area contributed by atoms with Crippen molar-refractivity contribution in [3.05, 3.63) is 11.6 Å². The van der Waals surface area contributed by atoms with E-state index >= 15 is 0 Å². The SMILES string of the molecule is CC1(C)C(=NO)CC[C@]2(C)[C@H]3C(=O)C=C4[C@H]5C[C@@](C)(C(N)=O)CC[C@]5(C)CC[C@@]4(C)[C@]3(C)CC[C@@H]12. The average molecular weight is 483 g/mol. The second-order valence-corrected chi connectivity index (χ2v) is 14.9. The van der Waals surface area contributed by atoms with Gasteiger partial charge < -0.3 is 10.9 Å². The summed E-state index contributed by atoms with van der Waals surface area (Å²) in [6, 6.07) is 0. The first-order valence-electron chi connectivity index (χ1n) is 13.9. The van der Waals surface area contributed by atoms with Crippen molar-refractivity contribution in [3.63, 3.8) is 0 Å². The molecule has 3 N–H and O–H groups in total. The summed E-state index contributed by atoms with van der Waals surface area (Å²) in [4.78, 5) is 26.7. The maximum absolute atomic E-state index is 14.3. The Balaban J connectivity index is 1.62.